The van der Waals surface area contributed by atoms with E-state index in [-0.39, 0.29) is 5.91 Å². The summed E-state index contributed by atoms with van der Waals surface area (Å²) in [6.45, 7) is 1.89. The van der Waals surface area contributed by atoms with Gasteiger partial charge in [0, 0.05) is 25.1 Å². The summed E-state index contributed by atoms with van der Waals surface area (Å²) in [5, 5.41) is 12.7. The fourth-order valence-corrected chi connectivity index (χ4v) is 2.50. The first-order chi connectivity index (χ1) is 9.79. The zero-order valence-corrected chi connectivity index (χ0v) is 12.2. The molecule has 0 unspecified atom stereocenters. The third kappa shape index (κ3) is 4.43. The van der Waals surface area contributed by atoms with E-state index in [4.69, 9.17) is 4.74 Å². The van der Waals surface area contributed by atoms with Crippen LogP contribution >= 0.6 is 11.3 Å². The van der Waals surface area contributed by atoms with Crippen LogP contribution in [-0.2, 0) is 29.0 Å². The number of aryl methyl sites for hydroxylation is 1. The summed E-state index contributed by atoms with van der Waals surface area (Å²) in [5.74, 6) is 0.763. The van der Waals surface area contributed by atoms with Crippen molar-refractivity contribution in [2.75, 3.05) is 13.7 Å². The van der Waals surface area contributed by atoms with Crippen LogP contribution in [0.4, 0.5) is 0 Å². The predicted octanol–water partition coefficient (Wildman–Crippen LogP) is 1.24. The molecule has 0 radical (unpaired) electrons. The van der Waals surface area contributed by atoms with Gasteiger partial charge in [0.25, 0.3) is 0 Å². The maximum atomic E-state index is 11.8. The molecule has 0 fully saturated rings. The van der Waals surface area contributed by atoms with Crippen LogP contribution < -0.4 is 5.32 Å². The fraction of sp³-hybridized carbons (Fsp3) is 0.462. The molecule has 0 spiro atoms. The Kier molecular flexibility index (Phi) is 5.69. The minimum atomic E-state index is -0.00103. The zero-order chi connectivity index (χ0) is 14.2. The van der Waals surface area contributed by atoms with Gasteiger partial charge in [0.2, 0.25) is 5.91 Å². The number of aromatic nitrogens is 3. The maximum Gasteiger partial charge on any atom is 0.225 e. The first-order valence-corrected chi connectivity index (χ1v) is 7.32. The Labute approximate surface area is 121 Å². The molecule has 2 heterocycles. The average molecular weight is 294 g/mol. The second-order valence-corrected chi connectivity index (χ2v) is 5.35. The third-order valence-electron chi connectivity index (χ3n) is 2.80. The van der Waals surface area contributed by atoms with Gasteiger partial charge < -0.3 is 14.6 Å². The molecule has 6 nitrogen and oxygen atoms in total. The highest BCUT2D eigenvalue weighted by Gasteiger charge is 2.08. The standard InChI is InChI=1S/C13H18N4O2S/c1-19-6-3-5-17-10-15-16-12(17)9-14-13(18)8-11-4-2-7-20-11/h2,4,7,10H,3,5-6,8-9H2,1H3,(H,14,18). The molecular weight excluding hydrogens is 276 g/mol. The van der Waals surface area contributed by atoms with Crippen LogP contribution in [0, 0.1) is 0 Å². The normalized spacial score (nSPS) is 10.7. The van der Waals surface area contributed by atoms with E-state index in [1.54, 1.807) is 24.8 Å². The van der Waals surface area contributed by atoms with Crippen molar-refractivity contribution < 1.29 is 9.53 Å². The number of methoxy groups -OCH3 is 1. The van der Waals surface area contributed by atoms with Crippen LogP contribution in [0.2, 0.25) is 0 Å². The van der Waals surface area contributed by atoms with Crippen LogP contribution in [0.1, 0.15) is 17.1 Å². The summed E-state index contributed by atoms with van der Waals surface area (Å²) in [4.78, 5) is 12.9. The number of thiophene rings is 1. The number of hydrogen-bond donors (Lipinski definition) is 1. The Morgan fingerprint density at radius 3 is 3.20 bits per heavy atom. The highest BCUT2D eigenvalue weighted by Crippen LogP contribution is 2.08. The molecule has 0 saturated heterocycles. The van der Waals surface area contributed by atoms with Crippen molar-refractivity contribution >= 4 is 17.2 Å². The minimum Gasteiger partial charge on any atom is -0.385 e. The quantitative estimate of drug-likeness (QED) is 0.744. The molecule has 20 heavy (non-hydrogen) atoms. The van der Waals surface area contributed by atoms with Gasteiger partial charge in [0.1, 0.15) is 6.33 Å². The number of carbonyl (C=O) groups is 1. The van der Waals surface area contributed by atoms with Crippen molar-refractivity contribution in [1.82, 2.24) is 20.1 Å². The first kappa shape index (κ1) is 14.7. The molecule has 0 atom stereocenters. The maximum absolute atomic E-state index is 11.8. The third-order valence-corrected chi connectivity index (χ3v) is 3.68. The lowest BCUT2D eigenvalue weighted by atomic mass is 10.3. The second-order valence-electron chi connectivity index (χ2n) is 4.32. The Morgan fingerprint density at radius 2 is 2.45 bits per heavy atom. The summed E-state index contributed by atoms with van der Waals surface area (Å²) in [6.07, 6.45) is 2.98. The number of ether oxygens (including phenoxy) is 1. The molecule has 108 valence electrons. The van der Waals surface area contributed by atoms with Crippen molar-refractivity contribution in [2.45, 2.75) is 25.9 Å². The van der Waals surface area contributed by atoms with E-state index in [0.29, 0.717) is 19.6 Å². The van der Waals surface area contributed by atoms with Crippen molar-refractivity contribution in [1.29, 1.82) is 0 Å². The molecule has 0 bridgehead atoms. The van der Waals surface area contributed by atoms with E-state index in [1.807, 2.05) is 22.1 Å². The molecule has 0 aliphatic rings. The smallest absolute Gasteiger partial charge is 0.225 e. The molecule has 2 aromatic heterocycles. The van der Waals surface area contributed by atoms with Crippen LogP contribution in [-0.4, -0.2) is 34.4 Å². The zero-order valence-electron chi connectivity index (χ0n) is 11.4. The van der Waals surface area contributed by atoms with Gasteiger partial charge in [-0.3, -0.25) is 4.79 Å². The number of rotatable bonds is 8. The van der Waals surface area contributed by atoms with Gasteiger partial charge in [0.05, 0.1) is 13.0 Å². The summed E-state index contributed by atoms with van der Waals surface area (Å²) in [5.41, 5.74) is 0. The number of carbonyl (C=O) groups excluding carboxylic acids is 1. The van der Waals surface area contributed by atoms with Gasteiger partial charge in [-0.05, 0) is 17.9 Å². The topological polar surface area (TPSA) is 69.0 Å². The van der Waals surface area contributed by atoms with E-state index in [9.17, 15) is 4.79 Å². The van der Waals surface area contributed by atoms with E-state index in [0.717, 1.165) is 23.7 Å². The molecule has 0 aliphatic heterocycles. The van der Waals surface area contributed by atoms with Gasteiger partial charge in [-0.15, -0.1) is 21.5 Å². The first-order valence-electron chi connectivity index (χ1n) is 6.44. The summed E-state index contributed by atoms with van der Waals surface area (Å²) >= 11 is 1.58. The average Bonchev–Trinajstić information content (AvgIpc) is 3.08. The van der Waals surface area contributed by atoms with Gasteiger partial charge in [-0.1, -0.05) is 6.07 Å². The van der Waals surface area contributed by atoms with Gasteiger partial charge in [-0.2, -0.15) is 0 Å². The highest BCUT2D eigenvalue weighted by molar-refractivity contribution is 7.10. The van der Waals surface area contributed by atoms with Crippen LogP contribution in [0.15, 0.2) is 23.8 Å². The molecule has 1 N–H and O–H groups in total. The van der Waals surface area contributed by atoms with Crippen molar-refractivity contribution in [3.8, 4) is 0 Å². The lowest BCUT2D eigenvalue weighted by Gasteiger charge is -2.07. The largest absolute Gasteiger partial charge is 0.385 e. The second kappa shape index (κ2) is 7.76. The molecule has 1 amide bonds. The summed E-state index contributed by atoms with van der Waals surface area (Å²) in [6, 6.07) is 3.90. The minimum absolute atomic E-state index is 0.00103. The molecule has 7 heteroatoms. The molecule has 2 rings (SSSR count). The van der Waals surface area contributed by atoms with Gasteiger partial charge >= 0.3 is 0 Å². The SMILES string of the molecule is COCCCn1cnnc1CNC(=O)Cc1cccs1. The van der Waals surface area contributed by atoms with E-state index < -0.39 is 0 Å². The van der Waals surface area contributed by atoms with Crippen molar-refractivity contribution in [3.63, 3.8) is 0 Å². The van der Waals surface area contributed by atoms with Crippen molar-refractivity contribution in [2.24, 2.45) is 0 Å². The lowest BCUT2D eigenvalue weighted by molar-refractivity contribution is -0.120. The monoisotopic (exact) mass is 294 g/mol. The van der Waals surface area contributed by atoms with E-state index in [2.05, 4.69) is 15.5 Å². The molecular formula is C13H18N4O2S. The number of nitrogens with zero attached hydrogens (tertiary/aromatic N) is 3. The number of nitrogens with one attached hydrogen (secondary N) is 1. The summed E-state index contributed by atoms with van der Waals surface area (Å²) < 4.78 is 6.95. The van der Waals surface area contributed by atoms with Crippen LogP contribution in [0.25, 0.3) is 0 Å². The Balaban J connectivity index is 1.78. The summed E-state index contributed by atoms with van der Waals surface area (Å²) in [7, 11) is 1.68. The van der Waals surface area contributed by atoms with Gasteiger partial charge in [-0.25, -0.2) is 0 Å². The van der Waals surface area contributed by atoms with Crippen molar-refractivity contribution in [3.05, 3.63) is 34.5 Å². The van der Waals surface area contributed by atoms with Crippen LogP contribution in [0.3, 0.4) is 0 Å². The van der Waals surface area contributed by atoms with Gasteiger partial charge in [0.15, 0.2) is 5.82 Å². The molecule has 0 aromatic carbocycles. The van der Waals surface area contributed by atoms with E-state index in [1.165, 1.54) is 0 Å². The Bertz CT molecular complexity index is 524. The Morgan fingerprint density at radius 1 is 1.55 bits per heavy atom. The van der Waals surface area contributed by atoms with E-state index >= 15 is 0 Å². The molecule has 0 saturated carbocycles. The predicted molar refractivity (Wildman–Crippen MR) is 76.4 cm³/mol. The van der Waals surface area contributed by atoms with Crippen LogP contribution in [0.5, 0.6) is 0 Å². The highest BCUT2D eigenvalue weighted by atomic mass is 32.1. The number of hydrogen-bond acceptors (Lipinski definition) is 5. The number of amides is 1. The Hall–Kier alpha value is -1.73. The molecule has 2 aromatic rings. The molecule has 0 aliphatic carbocycles. The fourth-order valence-electron chi connectivity index (χ4n) is 1.79. The lowest BCUT2D eigenvalue weighted by Crippen LogP contribution is -2.26.